The van der Waals surface area contributed by atoms with Crippen molar-refractivity contribution >= 4 is 52.1 Å². The van der Waals surface area contributed by atoms with Crippen molar-refractivity contribution in [3.8, 4) is 6.07 Å². The van der Waals surface area contributed by atoms with Gasteiger partial charge in [0.15, 0.2) is 0 Å². The Hall–Kier alpha value is -2.64. The molecule has 164 valence electrons. The Bertz CT molecular complexity index is 1060. The molecule has 0 unspecified atom stereocenters. The highest BCUT2D eigenvalue weighted by molar-refractivity contribution is 8.26. The number of carbonyl (C=O) groups excluding carboxylic acids is 1. The molecule has 31 heavy (non-hydrogen) atoms. The predicted octanol–water partition coefficient (Wildman–Crippen LogP) is 2.71. The van der Waals surface area contributed by atoms with Gasteiger partial charge < -0.3 is 10.0 Å². The van der Waals surface area contributed by atoms with Crippen LogP contribution in [0.5, 0.6) is 0 Å². The second kappa shape index (κ2) is 9.66. The van der Waals surface area contributed by atoms with E-state index in [0.717, 1.165) is 49.9 Å². The van der Waals surface area contributed by atoms with E-state index in [4.69, 9.17) is 17.3 Å². The number of rotatable bonds is 6. The number of nitrogens with zero attached hydrogens (tertiary/aromatic N) is 4. The summed E-state index contributed by atoms with van der Waals surface area (Å²) < 4.78 is 1.91. The van der Waals surface area contributed by atoms with Gasteiger partial charge in [0.1, 0.15) is 21.8 Å². The lowest BCUT2D eigenvalue weighted by atomic mass is 10.0. The number of carboxylic acid groups (broad SMARTS) is 1. The summed E-state index contributed by atoms with van der Waals surface area (Å²) in [6, 6.07) is 2.02. The van der Waals surface area contributed by atoms with Gasteiger partial charge in [0.2, 0.25) is 0 Å². The number of carboxylic acids is 1. The van der Waals surface area contributed by atoms with E-state index >= 15 is 0 Å². The zero-order chi connectivity index (χ0) is 22.7. The van der Waals surface area contributed by atoms with Crippen molar-refractivity contribution in [1.29, 1.82) is 5.26 Å². The topological polar surface area (TPSA) is 107 Å². The molecule has 3 rings (SSSR count). The van der Waals surface area contributed by atoms with Crippen LogP contribution in [0.1, 0.15) is 49.3 Å². The summed E-state index contributed by atoms with van der Waals surface area (Å²) in [5.74, 6) is -0.637. The first-order chi connectivity index (χ1) is 14.8. The fraction of sp³-hybridized carbons (Fsp3) is 0.476. The normalized spacial score (nSPS) is 18.0. The number of hydrogen-bond donors (Lipinski definition) is 1. The molecule has 2 aliphatic heterocycles. The zero-order valence-electron chi connectivity index (χ0n) is 17.5. The van der Waals surface area contributed by atoms with E-state index in [2.05, 4.69) is 4.90 Å². The first-order valence-corrected chi connectivity index (χ1v) is 11.4. The van der Waals surface area contributed by atoms with Gasteiger partial charge in [0, 0.05) is 31.7 Å². The lowest BCUT2D eigenvalue weighted by Gasteiger charge is -2.33. The summed E-state index contributed by atoms with van der Waals surface area (Å²) >= 11 is 6.40. The summed E-state index contributed by atoms with van der Waals surface area (Å²) in [5, 5.41) is 18.5. The molecule has 0 saturated carbocycles. The molecule has 2 fully saturated rings. The minimum Gasteiger partial charge on any atom is -0.481 e. The molecular weight excluding hydrogens is 436 g/mol. The van der Waals surface area contributed by atoms with E-state index in [0.29, 0.717) is 26.9 Å². The molecule has 3 heterocycles. The van der Waals surface area contributed by atoms with Crippen molar-refractivity contribution in [1.82, 2.24) is 9.47 Å². The van der Waals surface area contributed by atoms with Gasteiger partial charge in [-0.15, -0.1) is 0 Å². The van der Waals surface area contributed by atoms with Crippen LogP contribution in [0.2, 0.25) is 0 Å². The summed E-state index contributed by atoms with van der Waals surface area (Å²) in [6.07, 6.45) is 4.64. The molecule has 0 aliphatic carbocycles. The molecule has 1 amide bonds. The van der Waals surface area contributed by atoms with Crippen molar-refractivity contribution in [2.75, 3.05) is 24.5 Å². The van der Waals surface area contributed by atoms with E-state index in [-0.39, 0.29) is 30.0 Å². The van der Waals surface area contributed by atoms with Crippen molar-refractivity contribution in [2.45, 2.75) is 46.1 Å². The monoisotopic (exact) mass is 460 g/mol. The van der Waals surface area contributed by atoms with E-state index in [1.165, 1.54) is 4.90 Å². The van der Waals surface area contributed by atoms with Crippen molar-refractivity contribution < 1.29 is 14.7 Å². The lowest BCUT2D eigenvalue weighted by molar-refractivity contribution is -0.137. The average Bonchev–Trinajstić information content (AvgIpc) is 3.01. The molecule has 0 atom stereocenters. The van der Waals surface area contributed by atoms with Crippen LogP contribution in [0, 0.1) is 18.3 Å². The Balaban J connectivity index is 2.15. The van der Waals surface area contributed by atoms with Crippen molar-refractivity contribution in [2.24, 2.45) is 0 Å². The van der Waals surface area contributed by atoms with Crippen LogP contribution in [0.25, 0.3) is 6.08 Å². The molecule has 2 aliphatic rings. The third-order valence-corrected chi connectivity index (χ3v) is 6.89. The second-order valence-electron chi connectivity index (χ2n) is 7.42. The quantitative estimate of drug-likeness (QED) is 0.510. The van der Waals surface area contributed by atoms with Gasteiger partial charge in [0.05, 0.1) is 11.3 Å². The minimum atomic E-state index is -1.00. The Kier molecular flexibility index (Phi) is 7.18. The number of anilines is 1. The van der Waals surface area contributed by atoms with Crippen molar-refractivity contribution in [3.05, 3.63) is 31.9 Å². The summed E-state index contributed by atoms with van der Waals surface area (Å²) in [4.78, 5) is 40.6. The van der Waals surface area contributed by atoms with Gasteiger partial charge in [-0.25, -0.2) is 0 Å². The predicted molar refractivity (Wildman–Crippen MR) is 124 cm³/mol. The van der Waals surface area contributed by atoms with E-state index in [9.17, 15) is 19.6 Å². The summed E-state index contributed by atoms with van der Waals surface area (Å²) in [7, 11) is 0. The first-order valence-electron chi connectivity index (χ1n) is 10.2. The maximum atomic E-state index is 13.0. The molecule has 8 nitrogen and oxygen atoms in total. The highest BCUT2D eigenvalue weighted by atomic mass is 32.2. The van der Waals surface area contributed by atoms with Gasteiger partial charge in [-0.1, -0.05) is 24.0 Å². The Morgan fingerprint density at radius 3 is 2.55 bits per heavy atom. The van der Waals surface area contributed by atoms with E-state index < -0.39 is 5.97 Å². The van der Waals surface area contributed by atoms with Gasteiger partial charge in [0.25, 0.3) is 11.5 Å². The average molecular weight is 461 g/mol. The number of amides is 1. The number of pyridine rings is 1. The van der Waals surface area contributed by atoms with Crippen molar-refractivity contribution in [3.63, 3.8) is 0 Å². The third kappa shape index (κ3) is 4.52. The maximum absolute atomic E-state index is 13.0. The Labute approximate surface area is 190 Å². The molecule has 0 radical (unpaired) electrons. The second-order valence-corrected chi connectivity index (χ2v) is 9.10. The molecule has 0 aromatic carbocycles. The van der Waals surface area contributed by atoms with Crippen LogP contribution >= 0.6 is 24.0 Å². The van der Waals surface area contributed by atoms with Gasteiger partial charge >= 0.3 is 5.97 Å². The maximum Gasteiger partial charge on any atom is 0.305 e. The number of thioether (sulfide) groups is 1. The van der Waals surface area contributed by atoms with Gasteiger partial charge in [-0.3, -0.25) is 23.9 Å². The first kappa shape index (κ1) is 23.0. The van der Waals surface area contributed by atoms with Crippen LogP contribution in [0.15, 0.2) is 9.70 Å². The SMILES string of the molecule is CCn1c(N2CCCCC2)c(/C=C2/SC(=S)N(CCC(=O)O)C2=O)c(C)c(C#N)c1=O. The smallest absolute Gasteiger partial charge is 0.305 e. The minimum absolute atomic E-state index is 0.00715. The summed E-state index contributed by atoms with van der Waals surface area (Å²) in [6.45, 7) is 5.59. The fourth-order valence-electron chi connectivity index (χ4n) is 3.92. The molecule has 2 saturated heterocycles. The van der Waals surface area contributed by atoms with Crippen LogP contribution in [-0.4, -0.2) is 50.4 Å². The highest BCUT2D eigenvalue weighted by Crippen LogP contribution is 2.36. The fourth-order valence-corrected chi connectivity index (χ4v) is 5.21. The van der Waals surface area contributed by atoms with Crippen LogP contribution < -0.4 is 10.5 Å². The Morgan fingerprint density at radius 1 is 1.29 bits per heavy atom. The largest absolute Gasteiger partial charge is 0.481 e. The molecule has 10 heteroatoms. The number of piperidine rings is 1. The standard InChI is InChI=1S/C21H24N4O4S2/c1-3-24-18(23-8-5-4-6-9-23)14(13(2)15(12-22)19(24)28)11-16-20(29)25(21(30)31-16)10-7-17(26)27/h11H,3-10H2,1-2H3,(H,26,27)/b16-11+. The zero-order valence-corrected chi connectivity index (χ0v) is 19.1. The van der Waals surface area contributed by atoms with E-state index in [1.54, 1.807) is 17.6 Å². The Morgan fingerprint density at radius 2 is 1.97 bits per heavy atom. The van der Waals surface area contributed by atoms with E-state index in [1.807, 2.05) is 13.0 Å². The van der Waals surface area contributed by atoms with Gasteiger partial charge in [-0.2, -0.15) is 5.26 Å². The molecule has 1 aromatic rings. The number of carbonyl (C=O) groups is 2. The number of hydrogen-bond acceptors (Lipinski definition) is 7. The molecule has 1 N–H and O–H groups in total. The van der Waals surface area contributed by atoms with Crippen LogP contribution in [0.3, 0.4) is 0 Å². The summed E-state index contributed by atoms with van der Waals surface area (Å²) in [5.41, 5.74) is 0.941. The number of thiocarbonyl (C=S) groups is 1. The lowest BCUT2D eigenvalue weighted by Crippen LogP contribution is -2.37. The highest BCUT2D eigenvalue weighted by Gasteiger charge is 2.33. The van der Waals surface area contributed by atoms with Gasteiger partial charge in [-0.05, 0) is 44.7 Å². The van der Waals surface area contributed by atoms with Crippen LogP contribution in [-0.2, 0) is 16.1 Å². The molecule has 0 bridgehead atoms. The molecule has 1 aromatic heterocycles. The number of aliphatic carboxylic acids is 1. The molecule has 0 spiro atoms. The van der Waals surface area contributed by atoms with Crippen LogP contribution in [0.4, 0.5) is 5.82 Å². The number of nitriles is 1. The molecular formula is C21H24N4O4S2. The number of aromatic nitrogens is 1. The third-order valence-electron chi connectivity index (χ3n) is 5.52.